The van der Waals surface area contributed by atoms with Crippen LogP contribution >= 0.6 is 0 Å². The summed E-state index contributed by atoms with van der Waals surface area (Å²) < 4.78 is 0. The van der Waals surface area contributed by atoms with Crippen molar-refractivity contribution >= 4 is 12.2 Å². The van der Waals surface area contributed by atoms with E-state index >= 15 is 0 Å². The van der Waals surface area contributed by atoms with Gasteiger partial charge in [0.15, 0.2) is 0 Å². The fourth-order valence-electron chi connectivity index (χ4n) is 2.65. The number of terminal acetylenes is 1. The van der Waals surface area contributed by atoms with Gasteiger partial charge in [0.2, 0.25) is 6.41 Å². The number of rotatable bonds is 2. The highest BCUT2D eigenvalue weighted by molar-refractivity contribution is 5.53. The number of anilines is 1. The largest absolute Gasteiger partial charge is 0.392 e. The Labute approximate surface area is 144 Å². The van der Waals surface area contributed by atoms with Gasteiger partial charge in [-0.15, -0.1) is 12.8 Å². The van der Waals surface area contributed by atoms with Crippen molar-refractivity contribution in [1.82, 2.24) is 20.2 Å². The molecule has 1 amide bonds. The van der Waals surface area contributed by atoms with Crippen LogP contribution in [0, 0.1) is 19.8 Å². The zero-order valence-corrected chi connectivity index (χ0v) is 14.7. The number of aliphatic hydroxyl groups excluding tert-OH is 1. The first-order valence-electron chi connectivity index (χ1n) is 7.96. The molecule has 2 N–H and O–H groups in total. The molecule has 0 aliphatic carbocycles. The van der Waals surface area contributed by atoms with E-state index in [1.807, 2.05) is 25.9 Å². The Morgan fingerprint density at radius 2 is 2.08 bits per heavy atom. The smallest absolute Gasteiger partial charge is 0.210 e. The molecule has 24 heavy (non-hydrogen) atoms. The van der Waals surface area contributed by atoms with Crippen LogP contribution in [-0.4, -0.2) is 66.2 Å². The summed E-state index contributed by atoms with van der Waals surface area (Å²) in [4.78, 5) is 23.4. The van der Waals surface area contributed by atoms with Gasteiger partial charge >= 0.3 is 0 Å². The number of aliphatic hydroxyl groups is 1. The number of aryl methyl sites for hydroxylation is 1. The summed E-state index contributed by atoms with van der Waals surface area (Å²) in [6, 6.07) is 0. The first-order chi connectivity index (χ1) is 11.5. The third kappa shape index (κ3) is 5.48. The molecule has 0 spiro atoms. The number of amides is 1. The number of β-amino-alcohol motifs (C(OH)–C–C–N with tert-alkyl or cyclic N) is 1. The van der Waals surface area contributed by atoms with Crippen molar-refractivity contribution in [3.63, 3.8) is 0 Å². The molecule has 0 saturated carbocycles. The topological polar surface area (TPSA) is 81.6 Å². The zero-order valence-electron chi connectivity index (χ0n) is 14.7. The van der Waals surface area contributed by atoms with Crippen molar-refractivity contribution in [2.75, 3.05) is 38.6 Å². The third-order valence-corrected chi connectivity index (χ3v) is 3.79. The van der Waals surface area contributed by atoms with Crippen LogP contribution in [0.25, 0.3) is 0 Å². The minimum Gasteiger partial charge on any atom is -0.392 e. The molecule has 3 heterocycles. The highest BCUT2D eigenvalue weighted by Crippen LogP contribution is 2.24. The predicted octanol–water partition coefficient (Wildman–Crippen LogP) is -0.0445. The maximum atomic E-state index is 10.7. The fraction of sp³-hybridized carbons (Fsp3) is 0.588. The molecule has 1 aromatic heterocycles. The van der Waals surface area contributed by atoms with Gasteiger partial charge in [0.05, 0.1) is 18.3 Å². The van der Waals surface area contributed by atoms with Crippen LogP contribution in [-0.2, 0) is 17.8 Å². The summed E-state index contributed by atoms with van der Waals surface area (Å²) in [6.07, 6.45) is 10.6. The van der Waals surface area contributed by atoms with Crippen molar-refractivity contribution in [2.45, 2.75) is 32.4 Å². The number of hydrogen-bond acceptors (Lipinski definition) is 6. The molecule has 1 saturated heterocycles. The molecule has 0 unspecified atom stereocenters. The molecular weight excluding hydrogens is 306 g/mol. The number of hydrogen-bond donors (Lipinski definition) is 2. The predicted molar refractivity (Wildman–Crippen MR) is 94.7 cm³/mol. The molecule has 3 rings (SSSR count). The molecule has 2 aliphatic rings. The van der Waals surface area contributed by atoms with E-state index in [-0.39, 0.29) is 6.10 Å². The van der Waals surface area contributed by atoms with Gasteiger partial charge in [0.1, 0.15) is 11.6 Å². The van der Waals surface area contributed by atoms with Crippen molar-refractivity contribution < 1.29 is 9.90 Å². The molecule has 1 fully saturated rings. The van der Waals surface area contributed by atoms with Crippen molar-refractivity contribution in [3.8, 4) is 12.8 Å². The molecule has 0 radical (unpaired) electrons. The van der Waals surface area contributed by atoms with Crippen molar-refractivity contribution in [2.24, 2.45) is 0 Å². The summed E-state index contributed by atoms with van der Waals surface area (Å²) in [6.45, 7) is 5.01. The summed E-state index contributed by atoms with van der Waals surface area (Å²) in [7, 11) is 3.96. The van der Waals surface area contributed by atoms with Crippen molar-refractivity contribution in [3.05, 3.63) is 17.1 Å². The van der Waals surface area contributed by atoms with Crippen LogP contribution in [0.5, 0.6) is 0 Å². The maximum Gasteiger partial charge on any atom is 0.210 e. The van der Waals surface area contributed by atoms with E-state index in [4.69, 9.17) is 5.11 Å². The first kappa shape index (κ1) is 19.9. The van der Waals surface area contributed by atoms with E-state index in [0.29, 0.717) is 6.54 Å². The van der Waals surface area contributed by atoms with Gasteiger partial charge < -0.3 is 20.2 Å². The molecule has 0 aromatic carbocycles. The van der Waals surface area contributed by atoms with E-state index < -0.39 is 0 Å². The Morgan fingerprint density at radius 3 is 2.54 bits per heavy atom. The molecule has 1 atom stereocenters. The third-order valence-electron chi connectivity index (χ3n) is 3.79. The summed E-state index contributed by atoms with van der Waals surface area (Å²) in [5.74, 6) is 1.74. The summed E-state index contributed by atoms with van der Waals surface area (Å²) in [5, 5.41) is 11.7. The molecular formula is C17H27N5O2. The van der Waals surface area contributed by atoms with E-state index in [1.165, 1.54) is 5.56 Å². The SMILES string of the molecule is C#C.Cc1nc2c(c(N(C)C)n1)CCN(C=O)C2.O[C@@H]1CCNC1. The standard InChI is InChI=1S/C11H16N4O.C4H9NO.C2H2/c1-8-12-10-6-15(7-16)5-4-9(10)11(13-8)14(2)3;6-4-1-2-5-3-4;1-2/h7H,4-6H2,1-3H3;4-6H,1-3H2;1-2H/t;4-;/m.1./s1. The molecule has 2 aliphatic heterocycles. The second kappa shape index (κ2) is 9.85. The Balaban J connectivity index is 0.000000300. The van der Waals surface area contributed by atoms with Gasteiger partial charge in [0.25, 0.3) is 0 Å². The number of nitrogens with zero attached hydrogens (tertiary/aromatic N) is 4. The van der Waals surface area contributed by atoms with Gasteiger partial charge in [-0.2, -0.15) is 0 Å². The number of carbonyl (C=O) groups excluding carboxylic acids is 1. The molecule has 132 valence electrons. The normalized spacial score (nSPS) is 18.4. The Kier molecular flexibility index (Phi) is 8.16. The van der Waals surface area contributed by atoms with Crippen LogP contribution < -0.4 is 10.2 Å². The van der Waals surface area contributed by atoms with E-state index in [2.05, 4.69) is 28.1 Å². The Hall–Kier alpha value is -2.17. The maximum absolute atomic E-state index is 10.7. The van der Waals surface area contributed by atoms with Crippen LogP contribution in [0.15, 0.2) is 0 Å². The van der Waals surface area contributed by atoms with Crippen LogP contribution in [0.4, 0.5) is 5.82 Å². The average molecular weight is 333 g/mol. The van der Waals surface area contributed by atoms with Gasteiger partial charge in [-0.25, -0.2) is 9.97 Å². The number of nitrogens with one attached hydrogen (secondary N) is 1. The molecule has 0 bridgehead atoms. The molecule has 7 nitrogen and oxygen atoms in total. The average Bonchev–Trinajstić information content (AvgIpc) is 3.06. The van der Waals surface area contributed by atoms with Gasteiger partial charge in [-0.05, 0) is 26.3 Å². The second-order valence-electron chi connectivity index (χ2n) is 5.89. The lowest BCUT2D eigenvalue weighted by atomic mass is 10.1. The molecule has 1 aromatic rings. The van der Waals surface area contributed by atoms with Crippen molar-refractivity contribution in [1.29, 1.82) is 0 Å². The minimum atomic E-state index is -0.0648. The van der Waals surface area contributed by atoms with Crippen LogP contribution in [0.3, 0.4) is 0 Å². The Bertz CT molecular complexity index is 553. The van der Waals surface area contributed by atoms with Gasteiger partial charge in [-0.3, -0.25) is 4.79 Å². The number of fused-ring (bicyclic) bond motifs is 1. The van der Waals surface area contributed by atoms with E-state index in [0.717, 1.165) is 56.2 Å². The quantitative estimate of drug-likeness (QED) is 0.584. The van der Waals surface area contributed by atoms with E-state index in [9.17, 15) is 4.79 Å². The highest BCUT2D eigenvalue weighted by atomic mass is 16.3. The monoisotopic (exact) mass is 333 g/mol. The Morgan fingerprint density at radius 1 is 1.38 bits per heavy atom. The lowest BCUT2D eigenvalue weighted by Crippen LogP contribution is -2.32. The zero-order chi connectivity index (χ0) is 18.1. The van der Waals surface area contributed by atoms with E-state index in [1.54, 1.807) is 4.90 Å². The van der Waals surface area contributed by atoms with Gasteiger partial charge in [-0.1, -0.05) is 0 Å². The lowest BCUT2D eigenvalue weighted by molar-refractivity contribution is -0.119. The highest BCUT2D eigenvalue weighted by Gasteiger charge is 2.21. The lowest BCUT2D eigenvalue weighted by Gasteiger charge is -2.27. The van der Waals surface area contributed by atoms with Crippen LogP contribution in [0.1, 0.15) is 23.5 Å². The fourth-order valence-corrected chi connectivity index (χ4v) is 2.65. The molecule has 7 heteroatoms. The second-order valence-corrected chi connectivity index (χ2v) is 5.89. The minimum absolute atomic E-state index is 0.0648. The first-order valence-corrected chi connectivity index (χ1v) is 7.96. The van der Waals surface area contributed by atoms with Crippen LogP contribution in [0.2, 0.25) is 0 Å². The summed E-state index contributed by atoms with van der Waals surface area (Å²) >= 11 is 0. The summed E-state index contributed by atoms with van der Waals surface area (Å²) in [5.41, 5.74) is 2.16. The number of carbonyl (C=O) groups is 1. The number of aromatic nitrogens is 2. The van der Waals surface area contributed by atoms with Gasteiger partial charge in [0, 0.05) is 32.7 Å².